The van der Waals surface area contributed by atoms with Crippen LogP contribution in [-0.2, 0) is 6.54 Å². The number of benzene rings is 1. The number of phenolic OH excluding ortho intramolecular Hbond substituents is 1. The first-order chi connectivity index (χ1) is 11.9. The van der Waals surface area contributed by atoms with Crippen LogP contribution in [-0.4, -0.2) is 20.6 Å². The Labute approximate surface area is 148 Å². The third-order valence-electron chi connectivity index (χ3n) is 3.97. The van der Waals surface area contributed by atoms with E-state index in [9.17, 15) is 5.11 Å². The van der Waals surface area contributed by atoms with E-state index in [1.165, 1.54) is 0 Å². The van der Waals surface area contributed by atoms with Crippen molar-refractivity contribution in [2.75, 3.05) is 0 Å². The molecule has 3 rings (SSSR count). The number of aromatic nitrogens is 2. The van der Waals surface area contributed by atoms with Crippen molar-refractivity contribution in [3.63, 3.8) is 0 Å². The van der Waals surface area contributed by atoms with Crippen LogP contribution in [0.15, 0.2) is 61.2 Å². The van der Waals surface area contributed by atoms with E-state index in [1.807, 2.05) is 42.6 Å². The van der Waals surface area contributed by atoms with Gasteiger partial charge in [0.15, 0.2) is 0 Å². The first-order valence-corrected chi connectivity index (χ1v) is 8.36. The molecule has 1 aromatic carbocycles. The minimum atomic E-state index is -0.0365. The van der Waals surface area contributed by atoms with Gasteiger partial charge in [0.05, 0.1) is 0 Å². The van der Waals surface area contributed by atoms with Crippen LogP contribution in [0.25, 0.3) is 22.3 Å². The molecule has 0 saturated carbocycles. The number of hydrogen-bond acceptors (Lipinski definition) is 4. The van der Waals surface area contributed by atoms with Gasteiger partial charge in [0.2, 0.25) is 0 Å². The van der Waals surface area contributed by atoms with Gasteiger partial charge in [-0.05, 0) is 50.6 Å². The zero-order valence-corrected chi connectivity index (χ0v) is 14.8. The number of pyridine rings is 2. The second-order valence-electron chi connectivity index (χ2n) is 7.12. The quantitative estimate of drug-likeness (QED) is 0.743. The van der Waals surface area contributed by atoms with Crippen molar-refractivity contribution < 1.29 is 5.11 Å². The number of hydrogen-bond donors (Lipinski definition) is 2. The Morgan fingerprint density at radius 2 is 1.56 bits per heavy atom. The molecule has 128 valence electrons. The molecular formula is C21H23N3O. The maximum Gasteiger partial charge on any atom is 0.127 e. The molecule has 2 heterocycles. The van der Waals surface area contributed by atoms with E-state index in [2.05, 4.69) is 36.1 Å². The van der Waals surface area contributed by atoms with Crippen LogP contribution >= 0.6 is 0 Å². The normalized spacial score (nSPS) is 11.5. The van der Waals surface area contributed by atoms with E-state index in [-0.39, 0.29) is 11.3 Å². The predicted molar refractivity (Wildman–Crippen MR) is 101 cm³/mol. The lowest BCUT2D eigenvalue weighted by atomic mass is 9.95. The van der Waals surface area contributed by atoms with Crippen molar-refractivity contribution in [3.05, 3.63) is 66.7 Å². The third kappa shape index (κ3) is 4.22. The lowest BCUT2D eigenvalue weighted by Crippen LogP contribution is -2.35. The van der Waals surface area contributed by atoms with Gasteiger partial charge in [0.1, 0.15) is 5.75 Å². The van der Waals surface area contributed by atoms with E-state index in [4.69, 9.17) is 0 Å². The standard InChI is InChI=1S/C21H23N3O/c1-21(2,3)24-14-18-10-17(15-6-4-8-22-12-15)11-19(20(18)25)16-7-5-9-23-13-16/h4-13,24-25H,14H2,1-3H3. The van der Waals surface area contributed by atoms with E-state index >= 15 is 0 Å². The van der Waals surface area contributed by atoms with Gasteiger partial charge >= 0.3 is 0 Å². The molecule has 0 aliphatic heterocycles. The molecule has 2 N–H and O–H groups in total. The van der Waals surface area contributed by atoms with Gasteiger partial charge in [0, 0.05) is 59.1 Å². The predicted octanol–water partition coefficient (Wildman–Crippen LogP) is 4.40. The Hall–Kier alpha value is -2.72. The Balaban J connectivity index is 2.11. The minimum Gasteiger partial charge on any atom is -0.507 e. The van der Waals surface area contributed by atoms with Crippen molar-refractivity contribution >= 4 is 0 Å². The SMILES string of the molecule is CC(C)(C)NCc1cc(-c2cccnc2)cc(-c2cccnc2)c1O. The summed E-state index contributed by atoms with van der Waals surface area (Å²) in [7, 11) is 0. The molecule has 4 heteroatoms. The Kier molecular flexibility index (Phi) is 4.81. The highest BCUT2D eigenvalue weighted by molar-refractivity contribution is 5.78. The Morgan fingerprint density at radius 1 is 0.920 bits per heavy atom. The van der Waals surface area contributed by atoms with Crippen molar-refractivity contribution in [1.29, 1.82) is 0 Å². The number of aromatic hydroxyl groups is 1. The number of nitrogens with one attached hydrogen (secondary N) is 1. The fourth-order valence-corrected chi connectivity index (χ4v) is 2.63. The number of nitrogens with zero attached hydrogens (tertiary/aromatic N) is 2. The van der Waals surface area contributed by atoms with Gasteiger partial charge in [-0.15, -0.1) is 0 Å². The van der Waals surface area contributed by atoms with E-state index in [1.54, 1.807) is 18.6 Å². The second-order valence-corrected chi connectivity index (χ2v) is 7.12. The van der Waals surface area contributed by atoms with Crippen LogP contribution in [0, 0.1) is 0 Å². The maximum absolute atomic E-state index is 10.8. The van der Waals surface area contributed by atoms with Crippen LogP contribution in [0.1, 0.15) is 26.3 Å². The van der Waals surface area contributed by atoms with Crippen molar-refractivity contribution in [2.45, 2.75) is 32.9 Å². The molecule has 4 nitrogen and oxygen atoms in total. The molecular weight excluding hydrogens is 310 g/mol. The topological polar surface area (TPSA) is 58.0 Å². The highest BCUT2D eigenvalue weighted by Gasteiger charge is 2.15. The summed E-state index contributed by atoms with van der Waals surface area (Å²) >= 11 is 0. The van der Waals surface area contributed by atoms with Crippen LogP contribution in [0.5, 0.6) is 5.75 Å². The molecule has 0 unspecified atom stereocenters. The minimum absolute atomic E-state index is 0.0365. The average Bonchev–Trinajstić information content (AvgIpc) is 2.61. The molecule has 3 aromatic rings. The lowest BCUT2D eigenvalue weighted by molar-refractivity contribution is 0.412. The van der Waals surface area contributed by atoms with Gasteiger partial charge in [-0.25, -0.2) is 0 Å². The Bertz CT molecular complexity index is 840. The molecule has 0 aliphatic carbocycles. The van der Waals surface area contributed by atoms with Crippen LogP contribution in [0.4, 0.5) is 0 Å². The van der Waals surface area contributed by atoms with Crippen molar-refractivity contribution in [2.24, 2.45) is 0 Å². The summed E-state index contributed by atoms with van der Waals surface area (Å²) in [6.07, 6.45) is 7.09. The highest BCUT2D eigenvalue weighted by Crippen LogP contribution is 2.36. The molecule has 0 saturated heterocycles. The monoisotopic (exact) mass is 333 g/mol. The summed E-state index contributed by atoms with van der Waals surface area (Å²) in [6.45, 7) is 6.90. The zero-order chi connectivity index (χ0) is 17.9. The van der Waals surface area contributed by atoms with Gasteiger partial charge in [-0.1, -0.05) is 12.1 Å². The first kappa shape index (κ1) is 17.1. The van der Waals surface area contributed by atoms with Crippen LogP contribution in [0.3, 0.4) is 0 Å². The smallest absolute Gasteiger partial charge is 0.127 e. The lowest BCUT2D eigenvalue weighted by Gasteiger charge is -2.22. The first-order valence-electron chi connectivity index (χ1n) is 8.36. The summed E-state index contributed by atoms with van der Waals surface area (Å²) in [5, 5.41) is 14.3. The van der Waals surface area contributed by atoms with Gasteiger partial charge < -0.3 is 10.4 Å². The summed E-state index contributed by atoms with van der Waals surface area (Å²) < 4.78 is 0. The van der Waals surface area contributed by atoms with Gasteiger partial charge in [0.25, 0.3) is 0 Å². The summed E-state index contributed by atoms with van der Waals surface area (Å²) in [5.41, 5.74) is 4.53. The Morgan fingerprint density at radius 3 is 2.12 bits per heavy atom. The fraction of sp³-hybridized carbons (Fsp3) is 0.238. The molecule has 0 fully saturated rings. The van der Waals surface area contributed by atoms with Gasteiger partial charge in [-0.3, -0.25) is 9.97 Å². The van der Waals surface area contributed by atoms with Crippen molar-refractivity contribution in [3.8, 4) is 28.0 Å². The summed E-state index contributed by atoms with van der Waals surface area (Å²) in [6, 6.07) is 11.8. The molecule has 0 spiro atoms. The zero-order valence-electron chi connectivity index (χ0n) is 14.8. The van der Waals surface area contributed by atoms with Crippen molar-refractivity contribution in [1.82, 2.24) is 15.3 Å². The van der Waals surface area contributed by atoms with Gasteiger partial charge in [-0.2, -0.15) is 0 Å². The summed E-state index contributed by atoms with van der Waals surface area (Å²) in [4.78, 5) is 8.39. The largest absolute Gasteiger partial charge is 0.507 e. The van der Waals surface area contributed by atoms with Crippen LogP contribution < -0.4 is 5.32 Å². The number of phenols is 1. The molecule has 0 amide bonds. The average molecular weight is 333 g/mol. The molecule has 0 radical (unpaired) electrons. The highest BCUT2D eigenvalue weighted by atomic mass is 16.3. The maximum atomic E-state index is 10.8. The second kappa shape index (κ2) is 7.03. The fourth-order valence-electron chi connectivity index (χ4n) is 2.63. The van der Waals surface area contributed by atoms with E-state index in [0.29, 0.717) is 6.54 Å². The third-order valence-corrected chi connectivity index (χ3v) is 3.97. The van der Waals surface area contributed by atoms with E-state index in [0.717, 1.165) is 27.8 Å². The molecule has 0 aliphatic rings. The molecule has 0 atom stereocenters. The molecule has 2 aromatic heterocycles. The molecule has 25 heavy (non-hydrogen) atoms. The van der Waals surface area contributed by atoms with E-state index < -0.39 is 0 Å². The number of rotatable bonds is 4. The summed E-state index contributed by atoms with van der Waals surface area (Å²) in [5.74, 6) is 0.289. The van der Waals surface area contributed by atoms with Crippen LogP contribution in [0.2, 0.25) is 0 Å². The molecule has 0 bridgehead atoms.